The number of nitrogens with zero attached hydrogens (tertiary/aromatic N) is 2. The lowest BCUT2D eigenvalue weighted by molar-refractivity contribution is 0.0946. The van der Waals surface area contributed by atoms with Crippen LogP contribution in [0.15, 0.2) is 65.5 Å². The number of pyridine rings is 1. The fraction of sp³-hybridized carbons (Fsp3) is 0.0952. The Morgan fingerprint density at radius 3 is 2.90 bits per heavy atom. The summed E-state index contributed by atoms with van der Waals surface area (Å²) in [5, 5.41) is 3.41. The van der Waals surface area contributed by atoms with Gasteiger partial charge >= 0.3 is 0 Å². The highest BCUT2D eigenvalue weighted by Crippen LogP contribution is 2.28. The van der Waals surface area contributed by atoms with Gasteiger partial charge in [0.15, 0.2) is 22.3 Å². The zero-order chi connectivity index (χ0) is 20.2. The molecule has 0 unspecified atom stereocenters. The number of hydrogen-bond acceptors (Lipinski definition) is 6. The first-order chi connectivity index (χ1) is 14.1. The topological polar surface area (TPSA) is 77.2 Å². The number of ether oxygens (including phenoxy) is 1. The van der Waals surface area contributed by atoms with E-state index in [-0.39, 0.29) is 18.2 Å². The zero-order valence-electron chi connectivity index (χ0n) is 15.4. The molecule has 3 heterocycles. The van der Waals surface area contributed by atoms with Gasteiger partial charge in [-0.05, 0) is 48.9 Å². The van der Waals surface area contributed by atoms with E-state index in [0.717, 1.165) is 4.88 Å². The van der Waals surface area contributed by atoms with Gasteiger partial charge < -0.3 is 14.5 Å². The normalized spacial score (nSPS) is 10.7. The van der Waals surface area contributed by atoms with Crippen LogP contribution < -0.4 is 10.1 Å². The summed E-state index contributed by atoms with van der Waals surface area (Å²) in [6, 6.07) is 11.5. The highest BCUT2D eigenvalue weighted by atomic mass is 32.1. The Bertz CT molecular complexity index is 1130. The predicted molar refractivity (Wildman–Crippen MR) is 106 cm³/mol. The molecule has 0 radical (unpaired) electrons. The van der Waals surface area contributed by atoms with Crippen LogP contribution in [0.5, 0.6) is 11.5 Å². The molecule has 3 aromatic heterocycles. The molecule has 4 aromatic rings. The van der Waals surface area contributed by atoms with Gasteiger partial charge in [0.2, 0.25) is 0 Å². The number of hydrogen-bond donors (Lipinski definition) is 1. The van der Waals surface area contributed by atoms with Crippen LogP contribution in [0.2, 0.25) is 0 Å². The standard InChI is InChI=1S/C21H16FN3O3S/c1-13-19(25-21(29-13)18-5-3-9-27-18)20(26)24-11-14-6-7-17(16(22)10-14)28-15-4-2-8-23-12-15/h2-10,12H,11H2,1H3,(H,24,26). The summed E-state index contributed by atoms with van der Waals surface area (Å²) in [4.78, 5) is 21.6. The number of benzene rings is 1. The Kier molecular flexibility index (Phi) is 5.35. The Hall–Kier alpha value is -3.52. The van der Waals surface area contributed by atoms with Crippen LogP contribution >= 0.6 is 11.3 Å². The van der Waals surface area contributed by atoms with E-state index in [9.17, 15) is 9.18 Å². The highest BCUT2D eigenvalue weighted by molar-refractivity contribution is 7.15. The smallest absolute Gasteiger partial charge is 0.271 e. The molecule has 0 aliphatic rings. The molecule has 146 valence electrons. The van der Waals surface area contributed by atoms with Gasteiger partial charge in [0.05, 0.1) is 12.5 Å². The summed E-state index contributed by atoms with van der Waals surface area (Å²) < 4.78 is 25.1. The second kappa shape index (κ2) is 8.24. The van der Waals surface area contributed by atoms with Crippen LogP contribution in [0.1, 0.15) is 20.9 Å². The van der Waals surface area contributed by atoms with Crippen LogP contribution in [-0.4, -0.2) is 15.9 Å². The third-order valence-electron chi connectivity index (χ3n) is 4.06. The van der Waals surface area contributed by atoms with E-state index in [4.69, 9.17) is 9.15 Å². The number of aryl methyl sites for hydroxylation is 1. The first-order valence-electron chi connectivity index (χ1n) is 8.76. The van der Waals surface area contributed by atoms with E-state index in [1.807, 2.05) is 6.92 Å². The summed E-state index contributed by atoms with van der Waals surface area (Å²) >= 11 is 1.38. The van der Waals surface area contributed by atoms with Crippen molar-refractivity contribution in [2.75, 3.05) is 0 Å². The molecule has 0 saturated heterocycles. The summed E-state index contributed by atoms with van der Waals surface area (Å²) in [6.07, 6.45) is 4.67. The Morgan fingerprint density at radius 1 is 1.28 bits per heavy atom. The number of nitrogens with one attached hydrogen (secondary N) is 1. The molecule has 4 rings (SSSR count). The number of rotatable bonds is 6. The van der Waals surface area contributed by atoms with Crippen LogP contribution in [0, 0.1) is 12.7 Å². The van der Waals surface area contributed by atoms with Crippen molar-refractivity contribution in [2.45, 2.75) is 13.5 Å². The largest absolute Gasteiger partial charge is 0.462 e. The molecule has 0 bridgehead atoms. The number of aromatic nitrogens is 2. The van der Waals surface area contributed by atoms with E-state index in [1.54, 1.807) is 42.8 Å². The fourth-order valence-corrected chi connectivity index (χ4v) is 3.53. The van der Waals surface area contributed by atoms with E-state index in [2.05, 4.69) is 15.3 Å². The van der Waals surface area contributed by atoms with Crippen molar-refractivity contribution < 1.29 is 18.3 Å². The van der Waals surface area contributed by atoms with E-state index < -0.39 is 5.82 Å². The lowest BCUT2D eigenvalue weighted by atomic mass is 10.2. The molecule has 1 N–H and O–H groups in total. The minimum atomic E-state index is -0.523. The molecule has 0 spiro atoms. The Balaban J connectivity index is 1.41. The zero-order valence-corrected chi connectivity index (χ0v) is 16.2. The van der Waals surface area contributed by atoms with Crippen LogP contribution in [0.3, 0.4) is 0 Å². The highest BCUT2D eigenvalue weighted by Gasteiger charge is 2.17. The molecular weight excluding hydrogens is 393 g/mol. The molecule has 1 aromatic carbocycles. The maximum Gasteiger partial charge on any atom is 0.271 e. The van der Waals surface area contributed by atoms with E-state index >= 15 is 0 Å². The van der Waals surface area contributed by atoms with Gasteiger partial charge in [0, 0.05) is 17.6 Å². The fourth-order valence-electron chi connectivity index (χ4n) is 2.65. The Labute approximate surface area is 170 Å². The van der Waals surface area contributed by atoms with Crippen molar-refractivity contribution >= 4 is 17.2 Å². The average Bonchev–Trinajstić information content (AvgIpc) is 3.38. The van der Waals surface area contributed by atoms with Gasteiger partial charge in [-0.15, -0.1) is 11.3 Å². The van der Waals surface area contributed by atoms with Gasteiger partial charge in [0.1, 0.15) is 11.4 Å². The lowest BCUT2D eigenvalue weighted by Crippen LogP contribution is -2.23. The number of carbonyl (C=O) groups excluding carboxylic acids is 1. The van der Waals surface area contributed by atoms with E-state index in [0.29, 0.717) is 27.8 Å². The number of halogens is 1. The van der Waals surface area contributed by atoms with Gasteiger partial charge in [-0.3, -0.25) is 9.78 Å². The van der Waals surface area contributed by atoms with Gasteiger partial charge in [-0.1, -0.05) is 6.07 Å². The SMILES string of the molecule is Cc1sc(-c2ccco2)nc1C(=O)NCc1ccc(Oc2cccnc2)c(F)c1. The first-order valence-corrected chi connectivity index (χ1v) is 9.57. The van der Waals surface area contributed by atoms with Crippen molar-refractivity contribution in [3.8, 4) is 22.3 Å². The number of amides is 1. The minimum absolute atomic E-state index is 0.0894. The third kappa shape index (κ3) is 4.33. The Morgan fingerprint density at radius 2 is 2.17 bits per heavy atom. The van der Waals surface area contributed by atoms with Crippen molar-refractivity contribution in [3.63, 3.8) is 0 Å². The minimum Gasteiger partial charge on any atom is -0.462 e. The van der Waals surface area contributed by atoms with Gasteiger partial charge in [-0.25, -0.2) is 9.37 Å². The number of furan rings is 1. The molecule has 0 atom stereocenters. The maximum absolute atomic E-state index is 14.3. The van der Waals surface area contributed by atoms with Crippen LogP contribution in [0.4, 0.5) is 4.39 Å². The first kappa shape index (κ1) is 18.8. The molecule has 8 heteroatoms. The van der Waals surface area contributed by atoms with Crippen molar-refractivity contribution in [2.24, 2.45) is 0 Å². The quantitative estimate of drug-likeness (QED) is 0.487. The summed E-state index contributed by atoms with van der Waals surface area (Å²) in [5.74, 6) is 0.298. The van der Waals surface area contributed by atoms with Crippen molar-refractivity contribution in [1.29, 1.82) is 0 Å². The molecule has 1 amide bonds. The van der Waals surface area contributed by atoms with Gasteiger partial charge in [0.25, 0.3) is 5.91 Å². The molecule has 0 aliphatic carbocycles. The van der Waals surface area contributed by atoms with Crippen LogP contribution in [0.25, 0.3) is 10.8 Å². The molecular formula is C21H16FN3O3S. The molecule has 0 aliphatic heterocycles. The van der Waals surface area contributed by atoms with Crippen LogP contribution in [-0.2, 0) is 6.54 Å². The molecule has 6 nitrogen and oxygen atoms in total. The van der Waals surface area contributed by atoms with E-state index in [1.165, 1.54) is 29.7 Å². The second-order valence-corrected chi connectivity index (χ2v) is 7.34. The number of thiazole rings is 1. The van der Waals surface area contributed by atoms with Gasteiger partial charge in [-0.2, -0.15) is 0 Å². The average molecular weight is 409 g/mol. The molecule has 29 heavy (non-hydrogen) atoms. The monoisotopic (exact) mass is 409 g/mol. The third-order valence-corrected chi connectivity index (χ3v) is 5.04. The summed E-state index contributed by atoms with van der Waals surface area (Å²) in [6.45, 7) is 1.99. The molecule has 0 saturated carbocycles. The molecule has 0 fully saturated rings. The summed E-state index contributed by atoms with van der Waals surface area (Å²) in [7, 11) is 0. The maximum atomic E-state index is 14.3. The lowest BCUT2D eigenvalue weighted by Gasteiger charge is -2.09. The van der Waals surface area contributed by atoms with Crippen molar-refractivity contribution in [3.05, 3.63) is 83.1 Å². The van der Waals surface area contributed by atoms with Crippen molar-refractivity contribution in [1.82, 2.24) is 15.3 Å². The predicted octanol–water partition coefficient (Wildman–Crippen LogP) is 4.97. The second-order valence-electron chi connectivity index (χ2n) is 6.14. The number of carbonyl (C=O) groups is 1. The summed E-state index contributed by atoms with van der Waals surface area (Å²) in [5.41, 5.74) is 0.937.